The highest BCUT2D eigenvalue weighted by atomic mass is 32.1. The second-order valence-electron chi connectivity index (χ2n) is 4.51. The van der Waals surface area contributed by atoms with E-state index in [1.807, 2.05) is 24.5 Å². The molecule has 0 atom stereocenters. The van der Waals surface area contributed by atoms with Crippen molar-refractivity contribution in [3.8, 4) is 16.5 Å². The van der Waals surface area contributed by atoms with Crippen LogP contribution in [0.1, 0.15) is 23.3 Å². The molecule has 1 aliphatic rings. The molecule has 1 fully saturated rings. The topological polar surface area (TPSA) is 48.7 Å². The minimum absolute atomic E-state index is 0.709. The first-order chi connectivity index (χ1) is 8.85. The zero-order chi connectivity index (χ0) is 12.4. The molecule has 18 heavy (non-hydrogen) atoms. The molecule has 1 saturated carbocycles. The molecule has 2 heterocycles. The molecule has 0 spiro atoms. The normalized spacial score (nSPS) is 14.4. The van der Waals surface area contributed by atoms with Crippen molar-refractivity contribution in [2.45, 2.75) is 25.4 Å². The summed E-state index contributed by atoms with van der Waals surface area (Å²) in [6, 6.07) is 8.86. The molecule has 0 bridgehead atoms. The third-order valence-corrected chi connectivity index (χ3v) is 4.01. The maximum Gasteiger partial charge on any atom is 0.110 e. The Hall–Kier alpha value is -1.70. The van der Waals surface area contributed by atoms with Crippen LogP contribution in [-0.4, -0.2) is 11.0 Å². The molecule has 0 unspecified atom stereocenters. The molecular weight excluding hydrogens is 242 g/mol. The van der Waals surface area contributed by atoms with Gasteiger partial charge in [0.05, 0.1) is 0 Å². The van der Waals surface area contributed by atoms with Crippen molar-refractivity contribution in [2.24, 2.45) is 0 Å². The van der Waals surface area contributed by atoms with Crippen LogP contribution in [0, 0.1) is 11.3 Å². The lowest BCUT2D eigenvalue weighted by Gasteiger charge is -2.04. The van der Waals surface area contributed by atoms with Crippen molar-refractivity contribution in [1.82, 2.24) is 10.3 Å². The number of nitriles is 1. The number of thiophene rings is 1. The summed E-state index contributed by atoms with van der Waals surface area (Å²) in [4.78, 5) is 6.12. The molecule has 2 aromatic heterocycles. The van der Waals surface area contributed by atoms with Crippen LogP contribution in [0.15, 0.2) is 30.6 Å². The van der Waals surface area contributed by atoms with Gasteiger partial charge in [-0.15, -0.1) is 11.3 Å². The summed E-state index contributed by atoms with van der Waals surface area (Å²) in [5, 5.41) is 12.3. The predicted molar refractivity (Wildman–Crippen MR) is 72.1 cm³/mol. The van der Waals surface area contributed by atoms with E-state index in [9.17, 15) is 0 Å². The average molecular weight is 255 g/mol. The van der Waals surface area contributed by atoms with Crippen LogP contribution in [0.25, 0.3) is 10.4 Å². The molecule has 2 aromatic rings. The fraction of sp³-hybridized carbons (Fsp3) is 0.286. The van der Waals surface area contributed by atoms with Crippen LogP contribution in [0.4, 0.5) is 0 Å². The van der Waals surface area contributed by atoms with E-state index < -0.39 is 0 Å². The van der Waals surface area contributed by atoms with Crippen molar-refractivity contribution in [3.05, 3.63) is 41.0 Å². The van der Waals surface area contributed by atoms with E-state index in [-0.39, 0.29) is 0 Å². The number of hydrogen-bond acceptors (Lipinski definition) is 4. The van der Waals surface area contributed by atoms with Crippen LogP contribution < -0.4 is 5.32 Å². The van der Waals surface area contributed by atoms with Gasteiger partial charge in [0.25, 0.3) is 0 Å². The van der Waals surface area contributed by atoms with Crippen molar-refractivity contribution in [2.75, 3.05) is 0 Å². The number of nitrogens with one attached hydrogen (secondary N) is 1. The fourth-order valence-corrected chi connectivity index (χ4v) is 2.61. The molecule has 1 aliphatic carbocycles. The fourth-order valence-electron chi connectivity index (χ4n) is 1.82. The van der Waals surface area contributed by atoms with Crippen LogP contribution in [-0.2, 0) is 6.54 Å². The largest absolute Gasteiger partial charge is 0.310 e. The molecule has 0 radical (unpaired) electrons. The summed E-state index contributed by atoms with van der Waals surface area (Å²) < 4.78 is 0. The number of hydrogen-bond donors (Lipinski definition) is 1. The monoisotopic (exact) mass is 255 g/mol. The van der Waals surface area contributed by atoms with E-state index in [1.165, 1.54) is 29.7 Å². The zero-order valence-corrected chi connectivity index (χ0v) is 10.7. The minimum Gasteiger partial charge on any atom is -0.310 e. The third kappa shape index (κ3) is 2.58. The average Bonchev–Trinajstić information content (AvgIpc) is 3.12. The summed E-state index contributed by atoms with van der Waals surface area (Å²) in [5.74, 6) is 0. The summed E-state index contributed by atoms with van der Waals surface area (Å²) in [7, 11) is 0. The first-order valence-electron chi connectivity index (χ1n) is 6.03. The highest BCUT2D eigenvalue weighted by Gasteiger charge is 2.19. The Kier molecular flexibility index (Phi) is 3.09. The molecule has 0 aromatic carbocycles. The first kappa shape index (κ1) is 11.4. The molecular formula is C14H13N3S. The van der Waals surface area contributed by atoms with Crippen LogP contribution in [0.3, 0.4) is 0 Å². The molecule has 1 N–H and O–H groups in total. The van der Waals surface area contributed by atoms with Gasteiger partial charge < -0.3 is 5.32 Å². The van der Waals surface area contributed by atoms with Gasteiger partial charge in [0, 0.05) is 35.4 Å². The maximum atomic E-state index is 8.84. The summed E-state index contributed by atoms with van der Waals surface area (Å²) in [5.41, 5.74) is 2.29. The molecule has 4 heteroatoms. The SMILES string of the molecule is N#Cc1ccc(-c2cncc(CNC3CC3)c2)s1. The van der Waals surface area contributed by atoms with Gasteiger partial charge >= 0.3 is 0 Å². The molecule has 0 amide bonds. The Balaban J connectivity index is 1.78. The van der Waals surface area contributed by atoms with Crippen LogP contribution in [0.2, 0.25) is 0 Å². The number of nitrogens with zero attached hydrogens (tertiary/aromatic N) is 2. The van der Waals surface area contributed by atoms with Gasteiger partial charge in [0.15, 0.2) is 0 Å². The van der Waals surface area contributed by atoms with Gasteiger partial charge in [0.1, 0.15) is 10.9 Å². The molecule has 0 aliphatic heterocycles. The van der Waals surface area contributed by atoms with E-state index >= 15 is 0 Å². The smallest absolute Gasteiger partial charge is 0.110 e. The lowest BCUT2D eigenvalue weighted by molar-refractivity contribution is 0.686. The van der Waals surface area contributed by atoms with Crippen molar-refractivity contribution >= 4 is 11.3 Å². The first-order valence-corrected chi connectivity index (χ1v) is 6.84. The Morgan fingerprint density at radius 2 is 2.28 bits per heavy atom. The van der Waals surface area contributed by atoms with Gasteiger partial charge in [-0.2, -0.15) is 5.26 Å². The van der Waals surface area contributed by atoms with Gasteiger partial charge in [-0.25, -0.2) is 0 Å². The van der Waals surface area contributed by atoms with Gasteiger partial charge in [-0.1, -0.05) is 0 Å². The lowest BCUT2D eigenvalue weighted by Crippen LogP contribution is -2.15. The molecule has 90 valence electrons. The van der Waals surface area contributed by atoms with E-state index in [0.717, 1.165) is 21.9 Å². The third-order valence-electron chi connectivity index (χ3n) is 2.97. The second kappa shape index (κ2) is 4.89. The van der Waals surface area contributed by atoms with Crippen molar-refractivity contribution < 1.29 is 0 Å². The number of aromatic nitrogens is 1. The Morgan fingerprint density at radius 3 is 3.00 bits per heavy atom. The maximum absolute atomic E-state index is 8.84. The van der Waals surface area contributed by atoms with E-state index in [1.54, 1.807) is 0 Å². The minimum atomic E-state index is 0.709. The molecule has 3 rings (SSSR count). The van der Waals surface area contributed by atoms with Crippen molar-refractivity contribution in [1.29, 1.82) is 5.26 Å². The summed E-state index contributed by atoms with van der Waals surface area (Å²) in [6.45, 7) is 0.877. The quantitative estimate of drug-likeness (QED) is 0.913. The molecule has 0 saturated heterocycles. The van der Waals surface area contributed by atoms with E-state index in [0.29, 0.717) is 6.04 Å². The highest BCUT2D eigenvalue weighted by molar-refractivity contribution is 7.16. The zero-order valence-electron chi connectivity index (χ0n) is 9.89. The van der Waals surface area contributed by atoms with Crippen LogP contribution in [0.5, 0.6) is 0 Å². The second-order valence-corrected chi connectivity index (χ2v) is 5.60. The van der Waals surface area contributed by atoms with Crippen LogP contribution >= 0.6 is 11.3 Å². The molecule has 3 nitrogen and oxygen atoms in total. The Morgan fingerprint density at radius 1 is 1.39 bits per heavy atom. The highest BCUT2D eigenvalue weighted by Crippen LogP contribution is 2.27. The van der Waals surface area contributed by atoms with Gasteiger partial charge in [0.2, 0.25) is 0 Å². The number of rotatable bonds is 4. The van der Waals surface area contributed by atoms with Crippen molar-refractivity contribution in [3.63, 3.8) is 0 Å². The van der Waals surface area contributed by atoms with Gasteiger partial charge in [-0.3, -0.25) is 4.98 Å². The van der Waals surface area contributed by atoms with Gasteiger partial charge in [-0.05, 0) is 36.6 Å². The standard InChI is InChI=1S/C14H13N3S/c15-6-13-3-4-14(18-13)11-5-10(7-16-9-11)8-17-12-1-2-12/h3-5,7,9,12,17H,1-2,8H2. The summed E-state index contributed by atoms with van der Waals surface area (Å²) >= 11 is 1.51. The Bertz CT molecular complexity index is 593. The Labute approximate surface area is 110 Å². The van der Waals surface area contributed by atoms with E-state index in [4.69, 9.17) is 5.26 Å². The van der Waals surface area contributed by atoms with E-state index in [2.05, 4.69) is 22.4 Å². The summed E-state index contributed by atoms with van der Waals surface area (Å²) in [6.07, 6.45) is 6.35. The predicted octanol–water partition coefficient (Wildman–Crippen LogP) is 2.93. The lowest BCUT2D eigenvalue weighted by atomic mass is 10.2. The number of pyridine rings is 1.